The monoisotopic (exact) mass is 348 g/mol. The number of benzene rings is 1. The Kier molecular flexibility index (Phi) is 4.33. The first kappa shape index (κ1) is 13.9. The van der Waals surface area contributed by atoms with E-state index in [1.807, 2.05) is 6.92 Å². The molecule has 3 nitrogen and oxygen atoms in total. The Morgan fingerprint density at radius 3 is 2.72 bits per heavy atom. The number of rotatable bonds is 3. The lowest BCUT2D eigenvalue weighted by molar-refractivity contribution is 0.208. The van der Waals surface area contributed by atoms with E-state index < -0.39 is 6.10 Å². The molecule has 0 bridgehead atoms. The zero-order valence-corrected chi connectivity index (χ0v) is 12.7. The highest BCUT2D eigenvalue weighted by Gasteiger charge is 2.19. The van der Waals surface area contributed by atoms with Crippen molar-refractivity contribution in [3.8, 4) is 0 Å². The molecule has 2 rings (SSSR count). The predicted molar refractivity (Wildman–Crippen MR) is 76.1 cm³/mol. The molecule has 0 saturated heterocycles. The van der Waals surface area contributed by atoms with E-state index in [1.165, 1.54) is 6.20 Å². The number of hydrogen-bond donors (Lipinski definition) is 1. The van der Waals surface area contributed by atoms with E-state index in [1.54, 1.807) is 22.9 Å². The van der Waals surface area contributed by atoms with Gasteiger partial charge in [-0.3, -0.25) is 4.68 Å². The first-order chi connectivity index (χ1) is 8.54. The minimum Gasteiger partial charge on any atom is -0.382 e. The Morgan fingerprint density at radius 1 is 1.39 bits per heavy atom. The van der Waals surface area contributed by atoms with Gasteiger partial charge in [0.1, 0.15) is 6.10 Å². The van der Waals surface area contributed by atoms with E-state index in [0.717, 1.165) is 4.47 Å². The Morgan fingerprint density at radius 2 is 2.11 bits per heavy atom. The third-order valence-corrected chi connectivity index (χ3v) is 4.17. The maximum absolute atomic E-state index is 10.4. The molecular weight excluding hydrogens is 339 g/mol. The van der Waals surface area contributed by atoms with Gasteiger partial charge in [-0.05, 0) is 40.5 Å². The zero-order chi connectivity index (χ0) is 13.3. The van der Waals surface area contributed by atoms with Crippen molar-refractivity contribution in [3.05, 3.63) is 50.2 Å². The van der Waals surface area contributed by atoms with Crippen molar-refractivity contribution < 1.29 is 5.11 Å². The van der Waals surface area contributed by atoms with Crippen LogP contribution in [0.2, 0.25) is 10.0 Å². The van der Waals surface area contributed by atoms with Crippen molar-refractivity contribution in [3.63, 3.8) is 0 Å². The average molecular weight is 350 g/mol. The van der Waals surface area contributed by atoms with Crippen LogP contribution in [-0.4, -0.2) is 14.9 Å². The van der Waals surface area contributed by atoms with Crippen molar-refractivity contribution >= 4 is 39.1 Å². The summed E-state index contributed by atoms with van der Waals surface area (Å²) in [5.41, 5.74) is 1.26. The Hall–Kier alpha value is -0.550. The van der Waals surface area contributed by atoms with E-state index in [9.17, 15) is 5.11 Å². The SMILES string of the molecule is CCn1ncc(Cl)c1C(O)c1ccc(Br)c(Cl)c1. The molecule has 0 aliphatic carbocycles. The van der Waals surface area contributed by atoms with E-state index >= 15 is 0 Å². The van der Waals surface area contributed by atoms with Crippen LogP contribution >= 0.6 is 39.1 Å². The molecule has 2 aromatic rings. The van der Waals surface area contributed by atoms with Gasteiger partial charge in [-0.2, -0.15) is 5.10 Å². The third kappa shape index (κ3) is 2.57. The molecular formula is C12H11BrCl2N2O. The average Bonchev–Trinajstić information content (AvgIpc) is 2.73. The molecule has 0 aliphatic rings. The van der Waals surface area contributed by atoms with Gasteiger partial charge in [-0.25, -0.2) is 0 Å². The number of hydrogen-bond acceptors (Lipinski definition) is 2. The topological polar surface area (TPSA) is 38.0 Å². The molecule has 1 unspecified atom stereocenters. The largest absolute Gasteiger partial charge is 0.382 e. The Bertz CT molecular complexity index is 571. The fourth-order valence-corrected chi connectivity index (χ4v) is 2.42. The van der Waals surface area contributed by atoms with Crippen molar-refractivity contribution in [2.75, 3.05) is 0 Å². The summed E-state index contributed by atoms with van der Waals surface area (Å²) in [5.74, 6) is 0. The summed E-state index contributed by atoms with van der Waals surface area (Å²) in [6.45, 7) is 2.58. The van der Waals surface area contributed by atoms with Gasteiger partial charge < -0.3 is 5.11 Å². The molecule has 0 amide bonds. The third-order valence-electron chi connectivity index (χ3n) is 2.65. The fourth-order valence-electron chi connectivity index (χ4n) is 1.74. The molecule has 0 aliphatic heterocycles. The molecule has 1 heterocycles. The molecule has 96 valence electrons. The van der Waals surface area contributed by atoms with E-state index in [4.69, 9.17) is 23.2 Å². The minimum absolute atomic E-state index is 0.448. The normalized spacial score (nSPS) is 12.7. The van der Waals surface area contributed by atoms with Crippen molar-refractivity contribution in [1.29, 1.82) is 0 Å². The summed E-state index contributed by atoms with van der Waals surface area (Å²) in [6, 6.07) is 5.30. The van der Waals surface area contributed by atoms with Crippen LogP contribution in [0.3, 0.4) is 0 Å². The quantitative estimate of drug-likeness (QED) is 0.907. The molecule has 18 heavy (non-hydrogen) atoms. The maximum atomic E-state index is 10.4. The van der Waals surface area contributed by atoms with Crippen LogP contribution in [0.1, 0.15) is 24.3 Å². The Labute approximate surface area is 123 Å². The summed E-state index contributed by atoms with van der Waals surface area (Å²) in [5, 5.41) is 15.5. The molecule has 1 atom stereocenters. The van der Waals surface area contributed by atoms with E-state index in [2.05, 4.69) is 21.0 Å². The van der Waals surface area contributed by atoms with Gasteiger partial charge in [-0.1, -0.05) is 29.3 Å². The van der Waals surface area contributed by atoms with Gasteiger partial charge in [0.15, 0.2) is 0 Å². The lowest BCUT2D eigenvalue weighted by Crippen LogP contribution is -2.09. The first-order valence-electron chi connectivity index (χ1n) is 5.38. The molecule has 0 saturated carbocycles. The van der Waals surface area contributed by atoms with Gasteiger partial charge >= 0.3 is 0 Å². The molecule has 1 N–H and O–H groups in total. The van der Waals surface area contributed by atoms with Crippen molar-refractivity contribution in [2.24, 2.45) is 0 Å². The van der Waals surface area contributed by atoms with Gasteiger partial charge in [0.2, 0.25) is 0 Å². The first-order valence-corrected chi connectivity index (χ1v) is 6.93. The smallest absolute Gasteiger partial charge is 0.122 e. The summed E-state index contributed by atoms with van der Waals surface area (Å²) in [6.07, 6.45) is 0.690. The fraction of sp³-hybridized carbons (Fsp3) is 0.250. The highest BCUT2D eigenvalue weighted by Crippen LogP contribution is 2.31. The Balaban J connectivity index is 2.44. The molecule has 0 fully saturated rings. The van der Waals surface area contributed by atoms with Crippen molar-refractivity contribution in [2.45, 2.75) is 19.6 Å². The summed E-state index contributed by atoms with van der Waals surface area (Å²) >= 11 is 15.4. The number of nitrogens with zero attached hydrogens (tertiary/aromatic N) is 2. The summed E-state index contributed by atoms with van der Waals surface area (Å²) in [4.78, 5) is 0. The van der Waals surface area contributed by atoms with Crippen LogP contribution < -0.4 is 0 Å². The predicted octanol–water partition coefficient (Wildman–Crippen LogP) is 4.05. The van der Waals surface area contributed by atoms with Gasteiger partial charge in [-0.15, -0.1) is 0 Å². The van der Waals surface area contributed by atoms with Crippen molar-refractivity contribution in [1.82, 2.24) is 9.78 Å². The maximum Gasteiger partial charge on any atom is 0.122 e. The second-order valence-corrected chi connectivity index (χ2v) is 5.44. The number of aliphatic hydroxyl groups is 1. The number of aryl methyl sites for hydroxylation is 1. The number of aromatic nitrogens is 2. The van der Waals surface area contributed by atoms with Crippen LogP contribution in [0.4, 0.5) is 0 Å². The minimum atomic E-state index is -0.842. The standard InChI is InChI=1S/C12H11BrCl2N2O/c1-2-17-11(10(15)6-16-17)12(18)7-3-4-8(13)9(14)5-7/h3-6,12,18H,2H2,1H3. The van der Waals surface area contributed by atoms with Crippen LogP contribution in [0.5, 0.6) is 0 Å². The molecule has 1 aromatic heterocycles. The zero-order valence-electron chi connectivity index (χ0n) is 9.57. The van der Waals surface area contributed by atoms with Crippen LogP contribution in [0.25, 0.3) is 0 Å². The second-order valence-electron chi connectivity index (χ2n) is 3.77. The van der Waals surface area contributed by atoms with Crippen LogP contribution in [0.15, 0.2) is 28.9 Å². The lowest BCUT2D eigenvalue weighted by atomic mass is 10.1. The molecule has 6 heteroatoms. The molecule has 0 radical (unpaired) electrons. The highest BCUT2D eigenvalue weighted by atomic mass is 79.9. The van der Waals surface area contributed by atoms with Gasteiger partial charge in [0, 0.05) is 11.0 Å². The highest BCUT2D eigenvalue weighted by molar-refractivity contribution is 9.10. The number of halogens is 3. The van der Waals surface area contributed by atoms with E-state index in [0.29, 0.717) is 27.8 Å². The second kappa shape index (κ2) is 5.61. The van der Waals surface area contributed by atoms with Crippen LogP contribution in [0, 0.1) is 0 Å². The summed E-state index contributed by atoms with van der Waals surface area (Å²) in [7, 11) is 0. The van der Waals surface area contributed by atoms with E-state index in [-0.39, 0.29) is 0 Å². The van der Waals surface area contributed by atoms with Gasteiger partial charge in [0.05, 0.1) is 21.9 Å². The molecule has 1 aromatic carbocycles. The summed E-state index contributed by atoms with van der Waals surface area (Å²) < 4.78 is 2.46. The molecule has 0 spiro atoms. The van der Waals surface area contributed by atoms with Gasteiger partial charge in [0.25, 0.3) is 0 Å². The lowest BCUT2D eigenvalue weighted by Gasteiger charge is -2.14. The van der Waals surface area contributed by atoms with Crippen LogP contribution in [-0.2, 0) is 6.54 Å². The number of aliphatic hydroxyl groups excluding tert-OH is 1.